The molecular weight excluding hydrogens is 396 g/mol. The SMILES string of the molecule is CC(C)C.CCC.NCC(=O)N1CC2CCCC2C1C(=O)NCC(O)C(=O)NC1CC1. The van der Waals surface area contributed by atoms with E-state index in [1.807, 2.05) is 0 Å². The van der Waals surface area contributed by atoms with Crippen molar-refractivity contribution in [2.24, 2.45) is 23.5 Å². The molecule has 180 valence electrons. The number of rotatable bonds is 6. The lowest BCUT2D eigenvalue weighted by Gasteiger charge is -2.27. The Balaban J connectivity index is 0.000000604. The fourth-order valence-electron chi connectivity index (χ4n) is 3.93. The molecule has 0 aromatic heterocycles. The van der Waals surface area contributed by atoms with Crippen molar-refractivity contribution in [1.82, 2.24) is 15.5 Å². The first-order chi connectivity index (χ1) is 14.7. The summed E-state index contributed by atoms with van der Waals surface area (Å²) in [5, 5.41) is 15.2. The zero-order valence-corrected chi connectivity index (χ0v) is 20.0. The van der Waals surface area contributed by atoms with Crippen LogP contribution in [0.4, 0.5) is 0 Å². The van der Waals surface area contributed by atoms with Crippen molar-refractivity contribution in [3.63, 3.8) is 0 Å². The van der Waals surface area contributed by atoms with Gasteiger partial charge < -0.3 is 26.4 Å². The second-order valence-corrected chi connectivity index (χ2v) is 9.53. The highest BCUT2D eigenvalue weighted by Crippen LogP contribution is 2.42. The smallest absolute Gasteiger partial charge is 0.250 e. The number of aliphatic hydroxyl groups is 1. The first-order valence-electron chi connectivity index (χ1n) is 11.9. The van der Waals surface area contributed by atoms with Crippen molar-refractivity contribution >= 4 is 17.7 Å². The molecule has 1 aliphatic heterocycles. The average Bonchev–Trinajstić information content (AvgIpc) is 3.27. The number of amides is 3. The number of hydrogen-bond donors (Lipinski definition) is 4. The number of nitrogens with zero attached hydrogens (tertiary/aromatic N) is 1. The summed E-state index contributed by atoms with van der Waals surface area (Å²) in [5.74, 6) is 0.344. The molecule has 3 rings (SSSR count). The van der Waals surface area contributed by atoms with Crippen molar-refractivity contribution in [1.29, 1.82) is 0 Å². The van der Waals surface area contributed by atoms with Crippen LogP contribution >= 0.6 is 0 Å². The number of carbonyl (C=O) groups is 3. The molecule has 3 aliphatic rings. The van der Waals surface area contributed by atoms with Gasteiger partial charge in [-0.05, 0) is 43.4 Å². The van der Waals surface area contributed by atoms with Crippen LogP contribution in [-0.2, 0) is 14.4 Å². The minimum absolute atomic E-state index is 0.115. The van der Waals surface area contributed by atoms with Gasteiger partial charge >= 0.3 is 0 Å². The Morgan fingerprint density at radius 2 is 1.68 bits per heavy atom. The molecule has 2 saturated carbocycles. The highest BCUT2D eigenvalue weighted by Gasteiger charge is 2.49. The third kappa shape index (κ3) is 9.15. The summed E-state index contributed by atoms with van der Waals surface area (Å²) in [6.07, 6.45) is 4.86. The van der Waals surface area contributed by atoms with E-state index in [2.05, 4.69) is 45.3 Å². The van der Waals surface area contributed by atoms with Gasteiger partial charge in [0.1, 0.15) is 12.1 Å². The first-order valence-corrected chi connectivity index (χ1v) is 11.9. The minimum Gasteiger partial charge on any atom is -0.381 e. The summed E-state index contributed by atoms with van der Waals surface area (Å²) in [6.45, 7) is 11.1. The Labute approximate surface area is 187 Å². The highest BCUT2D eigenvalue weighted by molar-refractivity contribution is 5.90. The zero-order valence-electron chi connectivity index (χ0n) is 20.0. The first kappa shape index (κ1) is 27.4. The number of aliphatic hydroxyl groups excluding tert-OH is 1. The molecule has 1 heterocycles. The fraction of sp³-hybridized carbons (Fsp3) is 0.870. The molecule has 0 bridgehead atoms. The molecule has 2 aliphatic carbocycles. The molecule has 3 fully saturated rings. The Morgan fingerprint density at radius 3 is 2.19 bits per heavy atom. The summed E-state index contributed by atoms with van der Waals surface area (Å²) in [5.41, 5.74) is 5.46. The highest BCUT2D eigenvalue weighted by atomic mass is 16.3. The molecule has 31 heavy (non-hydrogen) atoms. The summed E-state index contributed by atoms with van der Waals surface area (Å²) in [4.78, 5) is 37.9. The van der Waals surface area contributed by atoms with Crippen molar-refractivity contribution in [2.75, 3.05) is 19.6 Å². The number of fused-ring (bicyclic) bond motifs is 1. The van der Waals surface area contributed by atoms with Gasteiger partial charge in [0.15, 0.2) is 0 Å². The van der Waals surface area contributed by atoms with E-state index in [1.54, 1.807) is 4.90 Å². The molecule has 8 heteroatoms. The molecule has 0 aromatic rings. The van der Waals surface area contributed by atoms with Crippen LogP contribution in [0.3, 0.4) is 0 Å². The summed E-state index contributed by atoms with van der Waals surface area (Å²) < 4.78 is 0. The number of carbonyl (C=O) groups excluding carboxylic acids is 3. The van der Waals surface area contributed by atoms with Gasteiger partial charge in [0.25, 0.3) is 5.91 Å². The third-order valence-corrected chi connectivity index (χ3v) is 5.35. The van der Waals surface area contributed by atoms with E-state index in [0.717, 1.165) is 38.0 Å². The van der Waals surface area contributed by atoms with Gasteiger partial charge in [-0.3, -0.25) is 14.4 Å². The molecule has 1 saturated heterocycles. The number of likely N-dealkylation sites (tertiary alicyclic amines) is 1. The molecule has 3 amide bonds. The number of nitrogens with one attached hydrogen (secondary N) is 2. The Bertz CT molecular complexity index is 577. The quantitative estimate of drug-likeness (QED) is 0.497. The average molecular weight is 441 g/mol. The zero-order chi connectivity index (χ0) is 23.6. The lowest BCUT2D eigenvalue weighted by molar-refractivity contribution is -0.139. The maximum absolute atomic E-state index is 12.6. The van der Waals surface area contributed by atoms with Gasteiger partial charge in [0.05, 0.1) is 13.1 Å². The van der Waals surface area contributed by atoms with Crippen LogP contribution < -0.4 is 16.4 Å². The molecule has 0 spiro atoms. The van der Waals surface area contributed by atoms with Gasteiger partial charge in [-0.25, -0.2) is 0 Å². The fourth-order valence-corrected chi connectivity index (χ4v) is 3.93. The van der Waals surface area contributed by atoms with Crippen molar-refractivity contribution in [3.05, 3.63) is 0 Å². The summed E-state index contributed by atoms with van der Waals surface area (Å²) in [7, 11) is 0. The van der Waals surface area contributed by atoms with Crippen molar-refractivity contribution in [3.8, 4) is 0 Å². The molecule has 8 nitrogen and oxygen atoms in total. The third-order valence-electron chi connectivity index (χ3n) is 5.35. The maximum atomic E-state index is 12.6. The largest absolute Gasteiger partial charge is 0.381 e. The summed E-state index contributed by atoms with van der Waals surface area (Å²) in [6, 6.07) is -0.373. The predicted octanol–water partition coefficient (Wildman–Crippen LogP) is 1.41. The Kier molecular flexibility index (Phi) is 12.1. The topological polar surface area (TPSA) is 125 Å². The second-order valence-electron chi connectivity index (χ2n) is 9.53. The van der Waals surface area contributed by atoms with Gasteiger partial charge in [0, 0.05) is 12.6 Å². The lowest BCUT2D eigenvalue weighted by atomic mass is 9.93. The van der Waals surface area contributed by atoms with E-state index in [-0.39, 0.29) is 36.9 Å². The van der Waals surface area contributed by atoms with Crippen LogP contribution in [0.15, 0.2) is 0 Å². The van der Waals surface area contributed by atoms with Crippen molar-refractivity contribution in [2.45, 2.75) is 91.3 Å². The maximum Gasteiger partial charge on any atom is 0.250 e. The van der Waals surface area contributed by atoms with E-state index in [4.69, 9.17) is 5.73 Å². The van der Waals surface area contributed by atoms with Gasteiger partial charge in [-0.2, -0.15) is 0 Å². The summed E-state index contributed by atoms with van der Waals surface area (Å²) >= 11 is 0. The van der Waals surface area contributed by atoms with Crippen molar-refractivity contribution < 1.29 is 19.5 Å². The normalized spacial score (nSPS) is 24.9. The van der Waals surface area contributed by atoms with Crippen LogP contribution in [0.1, 0.15) is 73.1 Å². The van der Waals surface area contributed by atoms with Crippen LogP contribution in [-0.4, -0.2) is 65.5 Å². The van der Waals surface area contributed by atoms with Crippen LogP contribution in [0.2, 0.25) is 0 Å². The van der Waals surface area contributed by atoms with Crippen LogP contribution in [0, 0.1) is 17.8 Å². The second kappa shape index (κ2) is 13.7. The van der Waals surface area contributed by atoms with E-state index in [1.165, 1.54) is 6.42 Å². The number of nitrogens with two attached hydrogens (primary N) is 1. The number of hydrogen-bond acceptors (Lipinski definition) is 5. The van der Waals surface area contributed by atoms with Gasteiger partial charge in [0.2, 0.25) is 11.8 Å². The molecule has 4 unspecified atom stereocenters. The standard InChI is InChI=1S/C16H26N4O4.C4H10.C3H8/c17-6-13(22)20-8-9-2-1-3-11(9)14(20)16(24)18-7-12(21)15(23)19-10-4-5-10;1-4(2)3;1-3-2/h9-12,14,21H,1-8,17H2,(H,18,24)(H,19,23);4H,1-3H3;3H2,1-2H3. The van der Waals surface area contributed by atoms with Crippen LogP contribution in [0.5, 0.6) is 0 Å². The Morgan fingerprint density at radius 1 is 1.10 bits per heavy atom. The predicted molar refractivity (Wildman–Crippen MR) is 122 cm³/mol. The monoisotopic (exact) mass is 440 g/mol. The minimum atomic E-state index is -1.27. The van der Waals surface area contributed by atoms with E-state index >= 15 is 0 Å². The van der Waals surface area contributed by atoms with E-state index in [9.17, 15) is 19.5 Å². The van der Waals surface area contributed by atoms with Gasteiger partial charge in [-0.1, -0.05) is 47.5 Å². The van der Waals surface area contributed by atoms with Gasteiger partial charge in [-0.15, -0.1) is 0 Å². The molecule has 0 radical (unpaired) electrons. The van der Waals surface area contributed by atoms with E-state index < -0.39 is 18.1 Å². The van der Waals surface area contributed by atoms with E-state index in [0.29, 0.717) is 12.5 Å². The molecular formula is C23H44N4O4. The molecule has 0 aromatic carbocycles. The van der Waals surface area contributed by atoms with Crippen LogP contribution in [0.25, 0.3) is 0 Å². The molecule has 4 atom stereocenters. The lowest BCUT2D eigenvalue weighted by Crippen LogP contribution is -2.52. The Hall–Kier alpha value is -1.67. The molecule has 5 N–H and O–H groups in total.